The predicted molar refractivity (Wildman–Crippen MR) is 110 cm³/mol. The van der Waals surface area contributed by atoms with Crippen molar-refractivity contribution in [2.45, 2.75) is 38.3 Å². The van der Waals surface area contributed by atoms with Crippen molar-refractivity contribution in [1.29, 1.82) is 0 Å². The molecule has 5 heteroatoms. The van der Waals surface area contributed by atoms with Gasteiger partial charge in [-0.15, -0.1) is 0 Å². The van der Waals surface area contributed by atoms with Gasteiger partial charge in [-0.2, -0.15) is 0 Å². The van der Waals surface area contributed by atoms with E-state index in [1.165, 1.54) is 12.8 Å². The molecule has 4 rings (SSSR count). The summed E-state index contributed by atoms with van der Waals surface area (Å²) >= 11 is 0. The average molecular weight is 375 g/mol. The molecule has 1 saturated carbocycles. The van der Waals surface area contributed by atoms with Gasteiger partial charge in [0.2, 0.25) is 0 Å². The maximum Gasteiger partial charge on any atom is 0.256 e. The van der Waals surface area contributed by atoms with Crippen LogP contribution in [0.5, 0.6) is 0 Å². The molecule has 5 nitrogen and oxygen atoms in total. The third-order valence-electron chi connectivity index (χ3n) is 5.41. The molecule has 0 spiro atoms. The number of para-hydroxylation sites is 1. The molecular weight excluding hydrogens is 350 g/mol. The van der Waals surface area contributed by atoms with Gasteiger partial charge in [0.25, 0.3) is 5.91 Å². The zero-order valence-electron chi connectivity index (χ0n) is 16.1. The van der Waals surface area contributed by atoms with Crippen LogP contribution in [-0.4, -0.2) is 28.9 Å². The second kappa shape index (κ2) is 8.30. The van der Waals surface area contributed by atoms with E-state index in [9.17, 15) is 4.79 Å². The Labute approximate surface area is 165 Å². The first-order chi connectivity index (χ1) is 13.7. The fourth-order valence-electron chi connectivity index (χ4n) is 3.81. The molecule has 0 atom stereocenters. The molecule has 0 bridgehead atoms. The lowest BCUT2D eigenvalue weighted by Gasteiger charge is -2.28. The number of furan rings is 1. The summed E-state index contributed by atoms with van der Waals surface area (Å²) in [5, 5.41) is 0. The van der Waals surface area contributed by atoms with Crippen molar-refractivity contribution in [1.82, 2.24) is 9.88 Å². The van der Waals surface area contributed by atoms with E-state index in [1.54, 1.807) is 12.5 Å². The van der Waals surface area contributed by atoms with Crippen LogP contribution in [0.1, 0.15) is 41.8 Å². The van der Waals surface area contributed by atoms with Crippen molar-refractivity contribution in [3.8, 4) is 0 Å². The van der Waals surface area contributed by atoms with E-state index in [4.69, 9.17) is 4.42 Å². The Morgan fingerprint density at radius 3 is 2.50 bits per heavy atom. The number of rotatable bonds is 6. The largest absolute Gasteiger partial charge is 0.467 e. The number of hydrogen-bond donors (Lipinski definition) is 0. The summed E-state index contributed by atoms with van der Waals surface area (Å²) in [7, 11) is 1.97. The molecule has 3 aromatic rings. The van der Waals surface area contributed by atoms with Gasteiger partial charge in [-0.1, -0.05) is 31.0 Å². The molecule has 144 valence electrons. The fourth-order valence-corrected chi connectivity index (χ4v) is 3.81. The van der Waals surface area contributed by atoms with Gasteiger partial charge in [0, 0.05) is 25.0 Å². The Morgan fingerprint density at radius 2 is 1.86 bits per heavy atom. The van der Waals surface area contributed by atoms with Crippen LogP contribution in [0.4, 0.5) is 11.5 Å². The summed E-state index contributed by atoms with van der Waals surface area (Å²) in [6, 6.07) is 17.9. The minimum absolute atomic E-state index is 0.0183. The second-order valence-electron chi connectivity index (χ2n) is 7.25. The van der Waals surface area contributed by atoms with Crippen LogP contribution in [-0.2, 0) is 6.54 Å². The number of pyridine rings is 1. The highest BCUT2D eigenvalue weighted by Gasteiger charge is 2.28. The quantitative estimate of drug-likeness (QED) is 0.606. The lowest BCUT2D eigenvalue weighted by Crippen LogP contribution is -2.38. The third kappa shape index (κ3) is 3.93. The van der Waals surface area contributed by atoms with Crippen LogP contribution in [0.15, 0.2) is 71.5 Å². The first-order valence-electron chi connectivity index (χ1n) is 9.80. The molecule has 1 aliphatic rings. The van der Waals surface area contributed by atoms with Crippen molar-refractivity contribution in [3.05, 3.63) is 78.4 Å². The molecular formula is C23H25N3O2. The van der Waals surface area contributed by atoms with Crippen LogP contribution in [0.25, 0.3) is 0 Å². The van der Waals surface area contributed by atoms with Gasteiger partial charge in [0.1, 0.15) is 11.6 Å². The van der Waals surface area contributed by atoms with E-state index in [1.807, 2.05) is 71.4 Å². The summed E-state index contributed by atoms with van der Waals surface area (Å²) in [4.78, 5) is 21.7. The molecule has 1 fully saturated rings. The summed E-state index contributed by atoms with van der Waals surface area (Å²) < 4.78 is 5.49. The van der Waals surface area contributed by atoms with Crippen molar-refractivity contribution in [3.63, 3.8) is 0 Å². The monoisotopic (exact) mass is 375 g/mol. The summed E-state index contributed by atoms with van der Waals surface area (Å²) in [5.74, 6) is 1.64. The van der Waals surface area contributed by atoms with E-state index >= 15 is 0 Å². The highest BCUT2D eigenvalue weighted by atomic mass is 16.3. The number of carbonyl (C=O) groups is 1. The SMILES string of the molecule is CN(c1ccccc1)c1ccc(C(=O)N(Cc2ccco2)C2CCCC2)cn1. The van der Waals surface area contributed by atoms with Crippen molar-refractivity contribution >= 4 is 17.4 Å². The van der Waals surface area contributed by atoms with Crippen LogP contribution in [0, 0.1) is 0 Å². The van der Waals surface area contributed by atoms with Gasteiger partial charge in [-0.25, -0.2) is 4.98 Å². The second-order valence-corrected chi connectivity index (χ2v) is 7.25. The summed E-state index contributed by atoms with van der Waals surface area (Å²) in [5.41, 5.74) is 1.67. The maximum absolute atomic E-state index is 13.2. The number of nitrogens with zero attached hydrogens (tertiary/aromatic N) is 3. The Bertz CT molecular complexity index is 885. The van der Waals surface area contributed by atoms with E-state index in [0.717, 1.165) is 30.1 Å². The summed E-state index contributed by atoms with van der Waals surface area (Å²) in [6.45, 7) is 0.502. The number of benzene rings is 1. The zero-order valence-corrected chi connectivity index (χ0v) is 16.1. The van der Waals surface area contributed by atoms with Gasteiger partial charge in [-0.05, 0) is 49.2 Å². The third-order valence-corrected chi connectivity index (χ3v) is 5.41. The molecule has 1 aliphatic carbocycles. The van der Waals surface area contributed by atoms with Crippen LogP contribution < -0.4 is 4.90 Å². The summed E-state index contributed by atoms with van der Waals surface area (Å²) in [6.07, 6.45) is 7.78. The molecule has 0 unspecified atom stereocenters. The molecule has 2 heterocycles. The molecule has 0 radical (unpaired) electrons. The van der Waals surface area contributed by atoms with E-state index < -0.39 is 0 Å². The Morgan fingerprint density at radius 1 is 1.07 bits per heavy atom. The van der Waals surface area contributed by atoms with Crippen molar-refractivity contribution in [2.75, 3.05) is 11.9 Å². The Hall–Kier alpha value is -3.08. The van der Waals surface area contributed by atoms with E-state index in [2.05, 4.69) is 4.98 Å². The van der Waals surface area contributed by atoms with Crippen LogP contribution in [0.3, 0.4) is 0 Å². The first kappa shape index (κ1) is 18.3. The average Bonchev–Trinajstić information content (AvgIpc) is 3.46. The number of carbonyl (C=O) groups excluding carboxylic acids is 1. The first-order valence-corrected chi connectivity index (χ1v) is 9.80. The lowest BCUT2D eigenvalue weighted by atomic mass is 10.1. The van der Waals surface area contributed by atoms with Gasteiger partial charge in [0.15, 0.2) is 0 Å². The molecule has 0 saturated heterocycles. The zero-order chi connectivity index (χ0) is 19.3. The molecule has 2 aromatic heterocycles. The number of amides is 1. The topological polar surface area (TPSA) is 49.6 Å². The van der Waals surface area contributed by atoms with Crippen LogP contribution in [0.2, 0.25) is 0 Å². The minimum atomic E-state index is 0.0183. The van der Waals surface area contributed by atoms with E-state index in [-0.39, 0.29) is 11.9 Å². The van der Waals surface area contributed by atoms with Gasteiger partial charge < -0.3 is 14.2 Å². The predicted octanol–water partition coefficient (Wildman–Crippen LogP) is 5.03. The Balaban J connectivity index is 1.53. The Kier molecular flexibility index (Phi) is 5.42. The minimum Gasteiger partial charge on any atom is -0.467 e. The normalized spacial score (nSPS) is 14.2. The van der Waals surface area contributed by atoms with Crippen LogP contribution >= 0.6 is 0 Å². The van der Waals surface area contributed by atoms with Gasteiger partial charge in [0.05, 0.1) is 18.4 Å². The van der Waals surface area contributed by atoms with Gasteiger partial charge in [-0.3, -0.25) is 4.79 Å². The fraction of sp³-hybridized carbons (Fsp3) is 0.304. The standard InChI is InChI=1S/C23H25N3O2/c1-25(19-8-3-2-4-9-19)22-14-13-18(16-24-22)23(27)26(20-10-5-6-11-20)17-21-12-7-15-28-21/h2-4,7-9,12-16,20H,5-6,10-11,17H2,1H3. The number of hydrogen-bond acceptors (Lipinski definition) is 4. The smallest absolute Gasteiger partial charge is 0.256 e. The van der Waals surface area contributed by atoms with Gasteiger partial charge >= 0.3 is 0 Å². The lowest BCUT2D eigenvalue weighted by molar-refractivity contribution is 0.0648. The van der Waals surface area contributed by atoms with E-state index in [0.29, 0.717) is 12.1 Å². The highest BCUT2D eigenvalue weighted by Crippen LogP contribution is 2.27. The molecule has 0 aliphatic heterocycles. The number of aromatic nitrogens is 1. The highest BCUT2D eigenvalue weighted by molar-refractivity contribution is 5.94. The maximum atomic E-state index is 13.2. The number of anilines is 2. The molecule has 28 heavy (non-hydrogen) atoms. The molecule has 1 amide bonds. The van der Waals surface area contributed by atoms with Crippen molar-refractivity contribution < 1.29 is 9.21 Å². The molecule has 1 aromatic carbocycles. The van der Waals surface area contributed by atoms with Crippen molar-refractivity contribution in [2.24, 2.45) is 0 Å². The molecule has 0 N–H and O–H groups in total.